The van der Waals surface area contributed by atoms with Gasteiger partial charge in [-0.15, -0.1) is 0 Å². The van der Waals surface area contributed by atoms with Crippen molar-refractivity contribution in [2.75, 3.05) is 11.9 Å². The van der Waals surface area contributed by atoms with E-state index >= 15 is 0 Å². The van der Waals surface area contributed by atoms with Crippen LogP contribution in [0.1, 0.15) is 29.0 Å². The first-order chi connectivity index (χ1) is 9.88. The predicted octanol–water partition coefficient (Wildman–Crippen LogP) is 3.75. The summed E-state index contributed by atoms with van der Waals surface area (Å²) in [5.41, 5.74) is 1.20. The standard InChI is InChI=1S/C14H16F3N3O/c1-9-12(10(2)21-20-9)4-3-6-18-13-8-11(5-7-19-13)14(15,16)17/h5,7-8H,3-4,6H2,1-2H3,(H,18,19). The smallest absolute Gasteiger partial charge is 0.370 e. The number of nitrogens with one attached hydrogen (secondary N) is 1. The second kappa shape index (κ2) is 6.15. The minimum atomic E-state index is -4.35. The van der Waals surface area contributed by atoms with Crippen LogP contribution in [0.5, 0.6) is 0 Å². The highest BCUT2D eigenvalue weighted by atomic mass is 19.4. The number of pyridine rings is 1. The molecule has 4 nitrogen and oxygen atoms in total. The zero-order valence-electron chi connectivity index (χ0n) is 11.8. The molecule has 0 aliphatic carbocycles. The molecule has 2 rings (SSSR count). The number of aromatic nitrogens is 2. The fourth-order valence-corrected chi connectivity index (χ4v) is 2.04. The van der Waals surface area contributed by atoms with Gasteiger partial charge in [0.1, 0.15) is 11.6 Å². The monoisotopic (exact) mass is 299 g/mol. The van der Waals surface area contributed by atoms with Crippen LogP contribution in [0.3, 0.4) is 0 Å². The molecule has 2 heterocycles. The fraction of sp³-hybridized carbons (Fsp3) is 0.429. The van der Waals surface area contributed by atoms with E-state index in [4.69, 9.17) is 4.52 Å². The lowest BCUT2D eigenvalue weighted by atomic mass is 10.1. The van der Waals surface area contributed by atoms with E-state index in [1.54, 1.807) is 0 Å². The Labute approximate surface area is 120 Å². The summed E-state index contributed by atoms with van der Waals surface area (Å²) in [6.45, 7) is 4.24. The van der Waals surface area contributed by atoms with E-state index in [2.05, 4.69) is 15.5 Å². The summed E-state index contributed by atoms with van der Waals surface area (Å²) in [4.78, 5) is 3.88. The van der Waals surface area contributed by atoms with Crippen LogP contribution in [0.4, 0.5) is 19.0 Å². The van der Waals surface area contributed by atoms with Gasteiger partial charge in [-0.2, -0.15) is 13.2 Å². The number of halogens is 3. The fourth-order valence-electron chi connectivity index (χ4n) is 2.04. The molecule has 21 heavy (non-hydrogen) atoms. The molecular formula is C14H16F3N3O. The molecule has 0 aliphatic rings. The lowest BCUT2D eigenvalue weighted by Gasteiger charge is -2.09. The molecule has 0 fully saturated rings. The maximum atomic E-state index is 12.6. The van der Waals surface area contributed by atoms with E-state index in [1.807, 2.05) is 13.8 Å². The molecular weight excluding hydrogens is 283 g/mol. The van der Waals surface area contributed by atoms with Gasteiger partial charge in [-0.3, -0.25) is 0 Å². The molecule has 1 N–H and O–H groups in total. The molecule has 0 radical (unpaired) electrons. The normalized spacial score (nSPS) is 11.7. The van der Waals surface area contributed by atoms with Crippen molar-refractivity contribution in [1.29, 1.82) is 0 Å². The highest BCUT2D eigenvalue weighted by Gasteiger charge is 2.30. The van der Waals surface area contributed by atoms with Gasteiger partial charge in [-0.05, 0) is 38.8 Å². The minimum absolute atomic E-state index is 0.226. The zero-order valence-corrected chi connectivity index (χ0v) is 11.8. The van der Waals surface area contributed by atoms with Gasteiger partial charge in [0.25, 0.3) is 0 Å². The van der Waals surface area contributed by atoms with Crippen LogP contribution in [-0.4, -0.2) is 16.7 Å². The van der Waals surface area contributed by atoms with Gasteiger partial charge in [-0.1, -0.05) is 5.16 Å². The quantitative estimate of drug-likeness (QED) is 0.854. The molecule has 0 saturated carbocycles. The molecule has 0 saturated heterocycles. The molecule has 0 unspecified atom stereocenters. The highest BCUT2D eigenvalue weighted by molar-refractivity contribution is 5.38. The van der Waals surface area contributed by atoms with Gasteiger partial charge in [0.2, 0.25) is 0 Å². The third-order valence-electron chi connectivity index (χ3n) is 3.18. The molecule has 2 aromatic rings. The van der Waals surface area contributed by atoms with E-state index in [9.17, 15) is 13.2 Å². The van der Waals surface area contributed by atoms with Crippen molar-refractivity contribution in [2.24, 2.45) is 0 Å². The highest BCUT2D eigenvalue weighted by Crippen LogP contribution is 2.29. The van der Waals surface area contributed by atoms with Gasteiger partial charge < -0.3 is 9.84 Å². The average Bonchev–Trinajstić information content (AvgIpc) is 2.74. The van der Waals surface area contributed by atoms with Crippen LogP contribution in [0.25, 0.3) is 0 Å². The maximum absolute atomic E-state index is 12.6. The third-order valence-corrected chi connectivity index (χ3v) is 3.18. The number of aryl methyl sites for hydroxylation is 2. The Hall–Kier alpha value is -2.05. The maximum Gasteiger partial charge on any atom is 0.416 e. The van der Waals surface area contributed by atoms with Crippen molar-refractivity contribution in [1.82, 2.24) is 10.1 Å². The summed E-state index contributed by atoms with van der Waals surface area (Å²) in [5, 5.41) is 6.76. The lowest BCUT2D eigenvalue weighted by molar-refractivity contribution is -0.137. The van der Waals surface area contributed by atoms with Crippen LogP contribution >= 0.6 is 0 Å². The Kier molecular flexibility index (Phi) is 4.50. The van der Waals surface area contributed by atoms with Crippen molar-refractivity contribution in [3.8, 4) is 0 Å². The molecule has 0 aliphatic heterocycles. The summed E-state index contributed by atoms with van der Waals surface area (Å²) < 4.78 is 42.7. The molecule has 0 amide bonds. The van der Waals surface area contributed by atoms with E-state index in [1.165, 1.54) is 0 Å². The van der Waals surface area contributed by atoms with Crippen LogP contribution in [0, 0.1) is 13.8 Å². The number of alkyl halides is 3. The van der Waals surface area contributed by atoms with E-state index in [0.29, 0.717) is 6.54 Å². The summed E-state index contributed by atoms with van der Waals surface area (Å²) in [6.07, 6.45) is -1.69. The SMILES string of the molecule is Cc1noc(C)c1CCCNc1cc(C(F)(F)F)ccn1. The van der Waals surface area contributed by atoms with Crippen LogP contribution in [-0.2, 0) is 12.6 Å². The summed E-state index contributed by atoms with van der Waals surface area (Å²) >= 11 is 0. The largest absolute Gasteiger partial charge is 0.416 e. The molecule has 0 spiro atoms. The second-order valence-corrected chi connectivity index (χ2v) is 4.76. The Bertz CT molecular complexity index is 588. The Morgan fingerprint density at radius 3 is 2.67 bits per heavy atom. The van der Waals surface area contributed by atoms with E-state index in [-0.39, 0.29) is 5.82 Å². The minimum Gasteiger partial charge on any atom is -0.370 e. The number of nitrogens with zero attached hydrogens (tertiary/aromatic N) is 2. The molecule has 0 aromatic carbocycles. The third kappa shape index (κ3) is 3.96. The summed E-state index contributed by atoms with van der Waals surface area (Å²) in [5.74, 6) is 1.01. The van der Waals surface area contributed by atoms with Crippen molar-refractivity contribution < 1.29 is 17.7 Å². The topological polar surface area (TPSA) is 51.0 Å². The Balaban J connectivity index is 1.87. The van der Waals surface area contributed by atoms with Crippen molar-refractivity contribution >= 4 is 5.82 Å². The van der Waals surface area contributed by atoms with Crippen LogP contribution < -0.4 is 5.32 Å². The molecule has 0 atom stereocenters. The van der Waals surface area contributed by atoms with E-state index < -0.39 is 11.7 Å². The first-order valence-electron chi connectivity index (χ1n) is 6.57. The number of hydrogen-bond acceptors (Lipinski definition) is 4. The van der Waals surface area contributed by atoms with E-state index in [0.717, 1.165) is 48.2 Å². The van der Waals surface area contributed by atoms with Gasteiger partial charge in [0.15, 0.2) is 0 Å². The van der Waals surface area contributed by atoms with Gasteiger partial charge in [-0.25, -0.2) is 4.98 Å². The lowest BCUT2D eigenvalue weighted by Crippen LogP contribution is -2.09. The molecule has 0 bridgehead atoms. The first kappa shape index (κ1) is 15.3. The Morgan fingerprint density at radius 2 is 2.05 bits per heavy atom. The number of anilines is 1. The number of rotatable bonds is 5. The van der Waals surface area contributed by atoms with Crippen molar-refractivity contribution in [2.45, 2.75) is 32.9 Å². The Morgan fingerprint density at radius 1 is 1.29 bits per heavy atom. The summed E-state index contributed by atoms with van der Waals surface area (Å²) in [7, 11) is 0. The van der Waals surface area contributed by atoms with Crippen LogP contribution in [0.2, 0.25) is 0 Å². The van der Waals surface area contributed by atoms with Gasteiger partial charge >= 0.3 is 6.18 Å². The van der Waals surface area contributed by atoms with Crippen molar-refractivity contribution in [3.63, 3.8) is 0 Å². The average molecular weight is 299 g/mol. The zero-order chi connectivity index (χ0) is 15.5. The number of hydrogen-bond donors (Lipinski definition) is 1. The first-order valence-corrected chi connectivity index (χ1v) is 6.57. The van der Waals surface area contributed by atoms with Gasteiger partial charge in [0.05, 0.1) is 11.3 Å². The molecule has 114 valence electrons. The van der Waals surface area contributed by atoms with Gasteiger partial charge in [0, 0.05) is 18.3 Å². The second-order valence-electron chi connectivity index (χ2n) is 4.76. The molecule has 7 heteroatoms. The van der Waals surface area contributed by atoms with Crippen LogP contribution in [0.15, 0.2) is 22.9 Å². The summed E-state index contributed by atoms with van der Waals surface area (Å²) in [6, 6.07) is 1.96. The van der Waals surface area contributed by atoms with Crippen molar-refractivity contribution in [3.05, 3.63) is 40.9 Å². The molecule has 2 aromatic heterocycles. The predicted molar refractivity (Wildman–Crippen MR) is 72.0 cm³/mol.